The molecular formula is C16H20N6S. The van der Waals surface area contributed by atoms with Crippen LogP contribution < -0.4 is 5.32 Å². The minimum absolute atomic E-state index is 0.0937. The standard InChI is InChI=1S/C16H20N6S/c1-11-12(2)20-22-14(13-3-8-23-10-13)9-18-15(16(22)19-11)21-6-4-17-5-7-21/h3,8-11,17H,4-7H2,1-2H3. The summed E-state index contributed by atoms with van der Waals surface area (Å²) in [6.07, 6.45) is 1.92. The van der Waals surface area contributed by atoms with Crippen LogP contribution in [0.15, 0.2) is 38.1 Å². The van der Waals surface area contributed by atoms with Gasteiger partial charge in [0.1, 0.15) is 0 Å². The van der Waals surface area contributed by atoms with Crippen LogP contribution in [0.4, 0.5) is 0 Å². The molecule has 0 aliphatic carbocycles. The van der Waals surface area contributed by atoms with Gasteiger partial charge in [0.25, 0.3) is 0 Å². The third-order valence-electron chi connectivity index (χ3n) is 4.35. The zero-order valence-corrected chi connectivity index (χ0v) is 14.2. The molecule has 1 atom stereocenters. The first-order valence-corrected chi connectivity index (χ1v) is 8.88. The van der Waals surface area contributed by atoms with E-state index in [1.807, 2.05) is 18.1 Å². The van der Waals surface area contributed by atoms with Gasteiger partial charge in [-0.2, -0.15) is 16.4 Å². The average Bonchev–Trinajstić information content (AvgIpc) is 3.10. The van der Waals surface area contributed by atoms with Crippen molar-refractivity contribution in [3.8, 4) is 0 Å². The number of fused-ring (bicyclic) bond motifs is 1. The van der Waals surface area contributed by atoms with Gasteiger partial charge in [-0.05, 0) is 25.3 Å². The van der Waals surface area contributed by atoms with Crippen LogP contribution in [-0.2, 0) is 0 Å². The van der Waals surface area contributed by atoms with E-state index in [0.717, 1.165) is 54.8 Å². The Morgan fingerprint density at radius 2 is 2.09 bits per heavy atom. The van der Waals surface area contributed by atoms with Gasteiger partial charge in [0.15, 0.2) is 11.7 Å². The summed E-state index contributed by atoms with van der Waals surface area (Å²) in [6, 6.07) is 2.19. The Balaban J connectivity index is 1.77. The van der Waals surface area contributed by atoms with Crippen LogP contribution in [0.2, 0.25) is 0 Å². The summed E-state index contributed by atoms with van der Waals surface area (Å²) in [7, 11) is 0. The van der Waals surface area contributed by atoms with Crippen molar-refractivity contribution in [2.45, 2.75) is 19.9 Å². The van der Waals surface area contributed by atoms with E-state index in [0.29, 0.717) is 0 Å². The Labute approximate surface area is 139 Å². The molecular weight excluding hydrogens is 308 g/mol. The molecule has 0 amide bonds. The van der Waals surface area contributed by atoms with Gasteiger partial charge >= 0.3 is 0 Å². The highest BCUT2D eigenvalue weighted by Gasteiger charge is 2.33. The van der Waals surface area contributed by atoms with E-state index in [1.165, 1.54) is 0 Å². The molecule has 23 heavy (non-hydrogen) atoms. The molecule has 1 fully saturated rings. The summed E-state index contributed by atoms with van der Waals surface area (Å²) in [5.41, 5.74) is 3.16. The molecule has 0 spiro atoms. The second kappa shape index (κ2) is 5.90. The van der Waals surface area contributed by atoms with Crippen molar-refractivity contribution in [3.05, 3.63) is 28.6 Å². The van der Waals surface area contributed by atoms with Crippen molar-refractivity contribution in [1.82, 2.24) is 15.2 Å². The van der Waals surface area contributed by atoms with Gasteiger partial charge in [0.05, 0.1) is 23.7 Å². The van der Waals surface area contributed by atoms with E-state index in [4.69, 9.17) is 15.1 Å². The number of rotatable bonds is 1. The van der Waals surface area contributed by atoms with Crippen molar-refractivity contribution in [2.75, 3.05) is 26.2 Å². The van der Waals surface area contributed by atoms with E-state index in [2.05, 4.69) is 34.0 Å². The highest BCUT2D eigenvalue weighted by molar-refractivity contribution is 7.08. The number of hydrazone groups is 1. The molecule has 1 aromatic heterocycles. The van der Waals surface area contributed by atoms with Gasteiger partial charge in [0.2, 0.25) is 0 Å². The molecule has 1 saturated heterocycles. The van der Waals surface area contributed by atoms with Crippen LogP contribution in [0.1, 0.15) is 19.4 Å². The van der Waals surface area contributed by atoms with Crippen molar-refractivity contribution in [1.29, 1.82) is 0 Å². The topological polar surface area (TPSA) is 55.6 Å². The molecule has 120 valence electrons. The summed E-state index contributed by atoms with van der Waals surface area (Å²) in [4.78, 5) is 11.9. The zero-order valence-electron chi connectivity index (χ0n) is 13.4. The number of nitrogens with one attached hydrogen (secondary N) is 1. The molecule has 0 bridgehead atoms. The molecule has 0 saturated carbocycles. The molecule has 0 radical (unpaired) electrons. The van der Waals surface area contributed by atoms with Crippen LogP contribution in [0.3, 0.4) is 0 Å². The third-order valence-corrected chi connectivity index (χ3v) is 5.03. The molecule has 4 heterocycles. The first kappa shape index (κ1) is 14.6. The maximum atomic E-state index is 4.88. The fourth-order valence-electron chi connectivity index (χ4n) is 2.88. The van der Waals surface area contributed by atoms with E-state index in [9.17, 15) is 0 Å². The van der Waals surface area contributed by atoms with Crippen LogP contribution in [-0.4, -0.2) is 59.5 Å². The Morgan fingerprint density at radius 3 is 2.83 bits per heavy atom. The predicted octanol–water partition coefficient (Wildman–Crippen LogP) is 1.84. The Bertz CT molecular complexity index is 709. The largest absolute Gasteiger partial charge is 0.351 e. The van der Waals surface area contributed by atoms with Crippen LogP contribution >= 0.6 is 11.3 Å². The van der Waals surface area contributed by atoms with Gasteiger partial charge < -0.3 is 10.2 Å². The smallest absolute Gasteiger partial charge is 0.193 e. The molecule has 4 rings (SSSR count). The Kier molecular flexibility index (Phi) is 3.74. The van der Waals surface area contributed by atoms with Gasteiger partial charge in [-0.3, -0.25) is 4.99 Å². The lowest BCUT2D eigenvalue weighted by Gasteiger charge is -2.37. The molecule has 1 N–H and O–H groups in total. The molecule has 7 heteroatoms. The lowest BCUT2D eigenvalue weighted by molar-refractivity contribution is 0.357. The third kappa shape index (κ3) is 2.60. The van der Waals surface area contributed by atoms with Crippen LogP contribution in [0.5, 0.6) is 0 Å². The maximum Gasteiger partial charge on any atom is 0.193 e. The van der Waals surface area contributed by atoms with Crippen LogP contribution in [0.25, 0.3) is 5.70 Å². The number of hydrogen-bond acceptors (Lipinski definition) is 7. The average molecular weight is 328 g/mol. The van der Waals surface area contributed by atoms with E-state index < -0.39 is 0 Å². The van der Waals surface area contributed by atoms with Gasteiger partial charge in [-0.1, -0.05) is 0 Å². The van der Waals surface area contributed by atoms with Crippen molar-refractivity contribution >= 4 is 34.4 Å². The second-order valence-corrected chi connectivity index (χ2v) is 6.68. The molecule has 6 nitrogen and oxygen atoms in total. The Hall–Kier alpha value is -1.99. The zero-order chi connectivity index (χ0) is 15.8. The van der Waals surface area contributed by atoms with E-state index in [-0.39, 0.29) is 6.04 Å². The first-order valence-electron chi connectivity index (χ1n) is 7.93. The summed E-state index contributed by atoms with van der Waals surface area (Å²) in [5, 5.41) is 14.3. The van der Waals surface area contributed by atoms with Gasteiger partial charge in [0, 0.05) is 37.1 Å². The van der Waals surface area contributed by atoms with Crippen molar-refractivity contribution in [3.63, 3.8) is 0 Å². The molecule has 3 aliphatic heterocycles. The number of hydrogen-bond donors (Lipinski definition) is 1. The molecule has 1 unspecified atom stereocenters. The van der Waals surface area contributed by atoms with Crippen molar-refractivity contribution < 1.29 is 0 Å². The minimum atomic E-state index is 0.0937. The highest BCUT2D eigenvalue weighted by atomic mass is 32.1. The number of thiophene rings is 1. The Morgan fingerprint density at radius 1 is 1.26 bits per heavy atom. The SMILES string of the molecule is CC1=NN2C(c3ccsc3)=CN=C(N3CCNCC3)C2=NC1C. The number of aliphatic imine (C=N–C) groups is 2. The quantitative estimate of drug-likeness (QED) is 0.856. The summed E-state index contributed by atoms with van der Waals surface area (Å²) < 4.78 is 0. The number of nitrogens with zero attached hydrogens (tertiary/aromatic N) is 5. The van der Waals surface area contributed by atoms with Crippen LogP contribution in [0, 0.1) is 0 Å². The summed E-state index contributed by atoms with van der Waals surface area (Å²) in [6.45, 7) is 7.97. The van der Waals surface area contributed by atoms with Gasteiger partial charge in [-0.25, -0.2) is 10.0 Å². The highest BCUT2D eigenvalue weighted by Crippen LogP contribution is 2.29. The normalized spacial score (nSPS) is 24.5. The monoisotopic (exact) mass is 328 g/mol. The summed E-state index contributed by atoms with van der Waals surface area (Å²) in [5.74, 6) is 1.81. The van der Waals surface area contributed by atoms with Gasteiger partial charge in [-0.15, -0.1) is 0 Å². The lowest BCUT2D eigenvalue weighted by atomic mass is 10.1. The van der Waals surface area contributed by atoms with Crippen molar-refractivity contribution in [2.24, 2.45) is 15.1 Å². The van der Waals surface area contributed by atoms with E-state index >= 15 is 0 Å². The molecule has 3 aliphatic rings. The predicted molar refractivity (Wildman–Crippen MR) is 96.0 cm³/mol. The minimum Gasteiger partial charge on any atom is -0.351 e. The maximum absolute atomic E-state index is 4.88. The lowest BCUT2D eigenvalue weighted by Crippen LogP contribution is -2.53. The number of piperazine rings is 1. The molecule has 1 aromatic rings. The van der Waals surface area contributed by atoms with E-state index in [1.54, 1.807) is 11.3 Å². The fraction of sp³-hybridized carbons (Fsp3) is 0.438. The fourth-order valence-corrected chi connectivity index (χ4v) is 3.53. The summed E-state index contributed by atoms with van der Waals surface area (Å²) >= 11 is 1.68. The molecule has 0 aromatic carbocycles. The second-order valence-electron chi connectivity index (χ2n) is 5.90. The number of amidine groups is 2. The first-order chi connectivity index (χ1) is 11.2.